The van der Waals surface area contributed by atoms with Gasteiger partial charge in [0, 0.05) is 43.1 Å². The van der Waals surface area contributed by atoms with Gasteiger partial charge in [0.15, 0.2) is 5.78 Å². The van der Waals surface area contributed by atoms with E-state index in [0.717, 1.165) is 38.4 Å². The molecule has 18 heavy (non-hydrogen) atoms. The van der Waals surface area contributed by atoms with Crippen LogP contribution in [0.4, 0.5) is 11.4 Å². The van der Waals surface area contributed by atoms with Gasteiger partial charge in [-0.25, -0.2) is 0 Å². The van der Waals surface area contributed by atoms with Crippen LogP contribution in [0.1, 0.15) is 24.2 Å². The molecule has 1 fully saturated rings. The van der Waals surface area contributed by atoms with Gasteiger partial charge in [-0.3, -0.25) is 4.79 Å². The third-order valence-electron chi connectivity index (χ3n) is 3.60. The molecule has 0 bridgehead atoms. The fourth-order valence-electron chi connectivity index (χ4n) is 2.39. The first-order valence-electron chi connectivity index (χ1n) is 6.49. The fraction of sp³-hybridized carbons (Fsp3) is 0.500. The maximum absolute atomic E-state index is 11.3. The number of rotatable bonds is 3. The van der Waals surface area contributed by atoms with Gasteiger partial charge >= 0.3 is 0 Å². The van der Waals surface area contributed by atoms with E-state index >= 15 is 0 Å². The van der Waals surface area contributed by atoms with Crippen molar-refractivity contribution in [1.82, 2.24) is 4.90 Å². The van der Waals surface area contributed by atoms with Crippen molar-refractivity contribution in [3.05, 3.63) is 23.8 Å². The second-order valence-corrected chi connectivity index (χ2v) is 4.75. The average Bonchev–Trinajstić information content (AvgIpc) is 2.38. The van der Waals surface area contributed by atoms with E-state index in [9.17, 15) is 4.79 Å². The van der Waals surface area contributed by atoms with Crippen LogP contribution in [0.5, 0.6) is 0 Å². The molecule has 0 amide bonds. The molecule has 1 aromatic rings. The number of anilines is 2. The maximum atomic E-state index is 11.3. The van der Waals surface area contributed by atoms with Crippen molar-refractivity contribution in [1.29, 1.82) is 0 Å². The Hall–Kier alpha value is -1.55. The standard InChI is InChI=1S/C14H21N3O/c1-3-16-6-8-17(9-7-16)12-4-5-13(11(2)18)14(15)10-12/h4-5,10H,3,6-9,15H2,1-2H3. The smallest absolute Gasteiger partial charge is 0.161 e. The van der Waals surface area contributed by atoms with Gasteiger partial charge in [0.1, 0.15) is 0 Å². The van der Waals surface area contributed by atoms with Crippen LogP contribution < -0.4 is 10.6 Å². The van der Waals surface area contributed by atoms with Crippen LogP contribution in [-0.2, 0) is 0 Å². The van der Waals surface area contributed by atoms with Crippen molar-refractivity contribution in [2.45, 2.75) is 13.8 Å². The molecule has 4 heteroatoms. The number of hydrogen-bond acceptors (Lipinski definition) is 4. The van der Waals surface area contributed by atoms with E-state index in [2.05, 4.69) is 16.7 Å². The van der Waals surface area contributed by atoms with Crippen LogP contribution >= 0.6 is 0 Å². The molecule has 98 valence electrons. The summed E-state index contributed by atoms with van der Waals surface area (Å²) < 4.78 is 0. The number of nitrogen functional groups attached to an aromatic ring is 1. The molecule has 2 rings (SSSR count). The first kappa shape index (κ1) is 12.9. The SMILES string of the molecule is CCN1CCN(c2ccc(C(C)=O)c(N)c2)CC1. The molecule has 1 saturated heterocycles. The molecule has 0 aromatic heterocycles. The fourth-order valence-corrected chi connectivity index (χ4v) is 2.39. The lowest BCUT2D eigenvalue weighted by molar-refractivity contribution is 0.101. The van der Waals surface area contributed by atoms with Crippen molar-refractivity contribution in [3.63, 3.8) is 0 Å². The molecule has 1 heterocycles. The third kappa shape index (κ3) is 2.64. The maximum Gasteiger partial charge on any atom is 0.161 e. The van der Waals surface area contributed by atoms with Crippen LogP contribution in [0.2, 0.25) is 0 Å². The highest BCUT2D eigenvalue weighted by molar-refractivity contribution is 5.99. The summed E-state index contributed by atoms with van der Waals surface area (Å²) >= 11 is 0. The Bertz CT molecular complexity index is 437. The quantitative estimate of drug-likeness (QED) is 0.651. The number of nitrogens with two attached hydrogens (primary N) is 1. The third-order valence-corrected chi connectivity index (χ3v) is 3.60. The Balaban J connectivity index is 2.11. The summed E-state index contributed by atoms with van der Waals surface area (Å²) in [6.07, 6.45) is 0. The van der Waals surface area contributed by atoms with Gasteiger partial charge < -0.3 is 15.5 Å². The minimum Gasteiger partial charge on any atom is -0.398 e. The number of carbonyl (C=O) groups excluding carboxylic acids is 1. The summed E-state index contributed by atoms with van der Waals surface area (Å²) in [5.41, 5.74) is 8.24. The number of ketones is 1. The molecule has 0 aliphatic carbocycles. The molecule has 0 atom stereocenters. The number of piperazine rings is 1. The van der Waals surface area contributed by atoms with Gasteiger partial charge in [-0.2, -0.15) is 0 Å². The van der Waals surface area contributed by atoms with E-state index < -0.39 is 0 Å². The van der Waals surface area contributed by atoms with Crippen LogP contribution in [0, 0.1) is 0 Å². The highest BCUT2D eigenvalue weighted by atomic mass is 16.1. The first-order valence-corrected chi connectivity index (χ1v) is 6.49. The molecule has 1 aliphatic rings. The Kier molecular flexibility index (Phi) is 3.87. The first-order chi connectivity index (χ1) is 8.61. The zero-order chi connectivity index (χ0) is 13.1. The lowest BCUT2D eigenvalue weighted by Gasteiger charge is -2.35. The molecule has 0 unspecified atom stereocenters. The number of likely N-dealkylation sites (N-methyl/N-ethyl adjacent to an activating group) is 1. The average molecular weight is 247 g/mol. The van der Waals surface area contributed by atoms with Gasteiger partial charge in [0.2, 0.25) is 0 Å². The Morgan fingerprint density at radius 3 is 2.44 bits per heavy atom. The normalized spacial score (nSPS) is 16.9. The highest BCUT2D eigenvalue weighted by Crippen LogP contribution is 2.23. The predicted molar refractivity (Wildman–Crippen MR) is 75.2 cm³/mol. The van der Waals surface area contributed by atoms with Crippen LogP contribution in [-0.4, -0.2) is 43.4 Å². The summed E-state index contributed by atoms with van der Waals surface area (Å²) in [5, 5.41) is 0. The Labute approximate surface area is 108 Å². The van der Waals surface area contributed by atoms with E-state index in [4.69, 9.17) is 5.73 Å². The number of hydrogen-bond donors (Lipinski definition) is 1. The number of carbonyl (C=O) groups is 1. The summed E-state index contributed by atoms with van der Waals surface area (Å²) in [6, 6.07) is 5.74. The van der Waals surface area contributed by atoms with Crippen molar-refractivity contribution >= 4 is 17.2 Å². The summed E-state index contributed by atoms with van der Waals surface area (Å²) in [4.78, 5) is 16.1. The van der Waals surface area contributed by atoms with E-state index in [1.54, 1.807) is 6.92 Å². The van der Waals surface area contributed by atoms with Crippen LogP contribution in [0.15, 0.2) is 18.2 Å². The zero-order valence-electron chi connectivity index (χ0n) is 11.1. The molecule has 1 aliphatic heterocycles. The Morgan fingerprint density at radius 2 is 1.94 bits per heavy atom. The molecule has 0 radical (unpaired) electrons. The van der Waals surface area contributed by atoms with E-state index in [0.29, 0.717) is 11.3 Å². The van der Waals surface area contributed by atoms with Crippen molar-refractivity contribution < 1.29 is 4.79 Å². The highest BCUT2D eigenvalue weighted by Gasteiger charge is 2.16. The monoisotopic (exact) mass is 247 g/mol. The number of benzene rings is 1. The van der Waals surface area contributed by atoms with Gasteiger partial charge in [0.25, 0.3) is 0 Å². The van der Waals surface area contributed by atoms with Crippen molar-refractivity contribution in [3.8, 4) is 0 Å². The molecule has 4 nitrogen and oxygen atoms in total. The summed E-state index contributed by atoms with van der Waals surface area (Å²) in [7, 11) is 0. The van der Waals surface area contributed by atoms with Crippen LogP contribution in [0.3, 0.4) is 0 Å². The molecule has 1 aromatic carbocycles. The molecular weight excluding hydrogens is 226 g/mol. The molecule has 0 saturated carbocycles. The largest absolute Gasteiger partial charge is 0.398 e. The van der Waals surface area contributed by atoms with Gasteiger partial charge in [-0.15, -0.1) is 0 Å². The molecular formula is C14H21N3O. The topological polar surface area (TPSA) is 49.6 Å². The van der Waals surface area contributed by atoms with E-state index in [-0.39, 0.29) is 5.78 Å². The Morgan fingerprint density at radius 1 is 1.28 bits per heavy atom. The van der Waals surface area contributed by atoms with E-state index in [1.807, 2.05) is 18.2 Å². The summed E-state index contributed by atoms with van der Waals surface area (Å²) in [5.74, 6) is 0.0230. The minimum atomic E-state index is 0.0230. The zero-order valence-corrected chi connectivity index (χ0v) is 11.1. The molecule has 0 spiro atoms. The van der Waals surface area contributed by atoms with Gasteiger partial charge in [0.05, 0.1) is 0 Å². The second kappa shape index (κ2) is 5.40. The van der Waals surface area contributed by atoms with E-state index in [1.165, 1.54) is 0 Å². The van der Waals surface area contributed by atoms with Crippen molar-refractivity contribution in [2.75, 3.05) is 43.4 Å². The van der Waals surface area contributed by atoms with Gasteiger partial charge in [-0.1, -0.05) is 6.92 Å². The summed E-state index contributed by atoms with van der Waals surface area (Å²) in [6.45, 7) is 9.06. The van der Waals surface area contributed by atoms with Gasteiger partial charge in [-0.05, 0) is 31.7 Å². The minimum absolute atomic E-state index is 0.0230. The van der Waals surface area contributed by atoms with Crippen LogP contribution in [0.25, 0.3) is 0 Å². The molecule has 2 N–H and O–H groups in total. The number of nitrogens with zero attached hydrogens (tertiary/aromatic N) is 2. The lowest BCUT2D eigenvalue weighted by atomic mass is 10.1. The predicted octanol–water partition coefficient (Wildman–Crippen LogP) is 1.61. The lowest BCUT2D eigenvalue weighted by Crippen LogP contribution is -2.46. The van der Waals surface area contributed by atoms with Crippen molar-refractivity contribution in [2.24, 2.45) is 0 Å². The number of Topliss-reactive ketones (excluding diaryl/α,β-unsaturated/α-hetero) is 1. The second-order valence-electron chi connectivity index (χ2n) is 4.75.